The van der Waals surface area contributed by atoms with Gasteiger partial charge >= 0.3 is 0 Å². The number of fused-ring (bicyclic) bond motifs is 1. The Morgan fingerprint density at radius 1 is 1.29 bits per heavy atom. The number of carbonyl (C=O) groups is 1. The first-order valence-electron chi connectivity index (χ1n) is 7.04. The molecule has 1 heterocycles. The fraction of sp³-hybridized carbons (Fsp3) is 0.294. The molecule has 0 aliphatic heterocycles. The Hall–Kier alpha value is -2.54. The highest BCUT2D eigenvalue weighted by Gasteiger charge is 2.28. The number of carbonyl (C=O) groups excluding carboxylic acids is 1. The molecular weight excluding hydrogens is 264 g/mol. The van der Waals surface area contributed by atoms with Crippen molar-refractivity contribution in [1.29, 1.82) is 0 Å². The van der Waals surface area contributed by atoms with Gasteiger partial charge in [0.2, 0.25) is 5.91 Å². The third-order valence-electron chi connectivity index (χ3n) is 3.32. The van der Waals surface area contributed by atoms with Crippen molar-refractivity contribution in [1.82, 2.24) is 10.3 Å². The van der Waals surface area contributed by atoms with Gasteiger partial charge < -0.3 is 10.1 Å². The Kier molecular flexibility index (Phi) is 4.02. The van der Waals surface area contributed by atoms with Gasteiger partial charge in [-0.1, -0.05) is 30.0 Å². The molecule has 0 bridgehead atoms. The highest BCUT2D eigenvalue weighted by atomic mass is 16.5. The van der Waals surface area contributed by atoms with Crippen LogP contribution in [0.15, 0.2) is 36.5 Å². The quantitative estimate of drug-likeness (QED) is 0.873. The summed E-state index contributed by atoms with van der Waals surface area (Å²) in [7, 11) is 0. The van der Waals surface area contributed by atoms with Gasteiger partial charge in [0.25, 0.3) is 0 Å². The van der Waals surface area contributed by atoms with E-state index in [1.807, 2.05) is 30.3 Å². The first-order valence-corrected chi connectivity index (χ1v) is 7.04. The van der Waals surface area contributed by atoms with Gasteiger partial charge in [0.05, 0.1) is 6.54 Å². The zero-order valence-corrected chi connectivity index (χ0v) is 11.6. The van der Waals surface area contributed by atoms with Gasteiger partial charge in [-0.05, 0) is 25.0 Å². The van der Waals surface area contributed by atoms with Crippen molar-refractivity contribution in [3.63, 3.8) is 0 Å². The van der Waals surface area contributed by atoms with Crippen molar-refractivity contribution in [2.24, 2.45) is 5.92 Å². The molecule has 0 saturated heterocycles. The largest absolute Gasteiger partial charge is 0.479 e. The minimum Gasteiger partial charge on any atom is -0.479 e. The third-order valence-corrected chi connectivity index (χ3v) is 3.32. The van der Waals surface area contributed by atoms with Crippen molar-refractivity contribution >= 4 is 16.8 Å². The van der Waals surface area contributed by atoms with Crippen LogP contribution in [0.3, 0.4) is 0 Å². The number of hydrogen-bond donors (Lipinski definition) is 1. The van der Waals surface area contributed by atoms with Crippen LogP contribution < -0.4 is 10.1 Å². The van der Waals surface area contributed by atoms with Crippen LogP contribution in [0.1, 0.15) is 12.8 Å². The number of hydrogen-bond acceptors (Lipinski definition) is 3. The fourth-order valence-electron chi connectivity index (χ4n) is 2.04. The number of benzene rings is 1. The molecule has 1 N–H and O–H groups in total. The number of nitrogens with zero attached hydrogens (tertiary/aromatic N) is 1. The average Bonchev–Trinajstić information content (AvgIpc) is 3.35. The summed E-state index contributed by atoms with van der Waals surface area (Å²) in [6, 6.07) is 9.70. The van der Waals surface area contributed by atoms with Crippen LogP contribution in [-0.2, 0) is 4.79 Å². The first-order chi connectivity index (χ1) is 10.3. The maximum atomic E-state index is 11.4. The van der Waals surface area contributed by atoms with Gasteiger partial charge in [0.15, 0.2) is 0 Å². The smallest absolute Gasteiger partial charge is 0.223 e. The van der Waals surface area contributed by atoms with E-state index in [0.717, 1.165) is 29.5 Å². The minimum atomic E-state index is 0.114. The molecule has 1 aromatic heterocycles. The van der Waals surface area contributed by atoms with Gasteiger partial charge in [0.1, 0.15) is 17.9 Å². The molecule has 1 aliphatic rings. The van der Waals surface area contributed by atoms with Gasteiger partial charge in [-0.2, -0.15) is 0 Å². The molecule has 2 aromatic rings. The number of amides is 1. The number of pyridine rings is 1. The number of para-hydroxylation sites is 1. The summed E-state index contributed by atoms with van der Waals surface area (Å²) in [5.41, 5.74) is 0.837. The van der Waals surface area contributed by atoms with E-state index in [0.29, 0.717) is 6.54 Å². The topological polar surface area (TPSA) is 51.2 Å². The molecular formula is C17H16N2O2. The van der Waals surface area contributed by atoms with Crippen LogP contribution in [0.25, 0.3) is 10.9 Å². The summed E-state index contributed by atoms with van der Waals surface area (Å²) in [6.45, 7) is 0.668. The highest BCUT2D eigenvalue weighted by molar-refractivity contribution is 5.84. The van der Waals surface area contributed by atoms with Crippen LogP contribution in [0.2, 0.25) is 0 Å². The summed E-state index contributed by atoms with van der Waals surface area (Å²) in [5.74, 6) is 6.86. The van der Waals surface area contributed by atoms with Crippen LogP contribution in [0, 0.1) is 17.8 Å². The third kappa shape index (κ3) is 3.51. The standard InChI is InChI=1S/C17H16N2O2/c20-17(14-8-9-14)19-10-1-2-12-21-15-7-3-5-13-6-4-11-18-16(13)15/h3-7,11,14H,8-10,12H2,(H,19,20). The molecule has 1 aromatic carbocycles. The molecule has 106 valence electrons. The maximum absolute atomic E-state index is 11.4. The maximum Gasteiger partial charge on any atom is 0.223 e. The van der Waals surface area contributed by atoms with Crippen molar-refractivity contribution < 1.29 is 9.53 Å². The van der Waals surface area contributed by atoms with Crippen molar-refractivity contribution in [2.45, 2.75) is 12.8 Å². The van der Waals surface area contributed by atoms with Gasteiger partial charge in [-0.15, -0.1) is 0 Å². The summed E-state index contributed by atoms with van der Waals surface area (Å²) >= 11 is 0. The van der Waals surface area contributed by atoms with Crippen molar-refractivity contribution in [3.8, 4) is 17.6 Å². The molecule has 3 rings (SSSR count). The lowest BCUT2D eigenvalue weighted by molar-refractivity contribution is -0.122. The van der Waals surface area contributed by atoms with Crippen molar-refractivity contribution in [3.05, 3.63) is 36.5 Å². The summed E-state index contributed by atoms with van der Waals surface area (Å²) in [4.78, 5) is 15.7. The molecule has 4 nitrogen and oxygen atoms in total. The van der Waals surface area contributed by atoms with E-state index in [-0.39, 0.29) is 18.4 Å². The van der Waals surface area contributed by atoms with Gasteiger partial charge in [-0.3, -0.25) is 9.78 Å². The fourth-order valence-corrected chi connectivity index (χ4v) is 2.04. The predicted molar refractivity (Wildman–Crippen MR) is 80.7 cm³/mol. The second kappa shape index (κ2) is 6.27. The number of ether oxygens (including phenoxy) is 1. The number of nitrogens with one attached hydrogen (secondary N) is 1. The summed E-state index contributed by atoms with van der Waals surface area (Å²) in [5, 5.41) is 3.83. The molecule has 1 aliphatic carbocycles. The molecule has 0 unspecified atom stereocenters. The van der Waals surface area contributed by atoms with Gasteiger partial charge in [-0.25, -0.2) is 0 Å². The van der Waals surface area contributed by atoms with E-state index in [9.17, 15) is 4.79 Å². The molecule has 0 atom stereocenters. The van der Waals surface area contributed by atoms with Crippen LogP contribution in [0.4, 0.5) is 0 Å². The normalized spacial score (nSPS) is 13.3. The Morgan fingerprint density at radius 2 is 2.14 bits per heavy atom. The molecule has 1 fully saturated rings. The Labute approximate surface area is 123 Å². The van der Waals surface area contributed by atoms with E-state index < -0.39 is 0 Å². The van der Waals surface area contributed by atoms with E-state index in [4.69, 9.17) is 4.74 Å². The minimum absolute atomic E-state index is 0.114. The van der Waals surface area contributed by atoms with Gasteiger partial charge in [0, 0.05) is 17.5 Å². The molecule has 1 saturated carbocycles. The average molecular weight is 280 g/mol. The number of rotatable bonds is 4. The van der Waals surface area contributed by atoms with E-state index in [1.54, 1.807) is 6.20 Å². The predicted octanol–water partition coefficient (Wildman–Crippen LogP) is 2.14. The monoisotopic (exact) mass is 280 g/mol. The van der Waals surface area contributed by atoms with Crippen LogP contribution in [-0.4, -0.2) is 24.0 Å². The Morgan fingerprint density at radius 3 is 3.00 bits per heavy atom. The lowest BCUT2D eigenvalue weighted by Gasteiger charge is -2.05. The van der Waals surface area contributed by atoms with Crippen LogP contribution >= 0.6 is 0 Å². The lowest BCUT2D eigenvalue weighted by atomic mass is 10.2. The second-order valence-corrected chi connectivity index (χ2v) is 4.97. The Balaban J connectivity index is 1.51. The lowest BCUT2D eigenvalue weighted by Crippen LogP contribution is -2.24. The first kappa shape index (κ1) is 13.4. The van der Waals surface area contributed by atoms with Crippen molar-refractivity contribution in [2.75, 3.05) is 13.2 Å². The van der Waals surface area contributed by atoms with E-state index in [1.165, 1.54) is 0 Å². The zero-order chi connectivity index (χ0) is 14.5. The molecule has 4 heteroatoms. The van der Waals surface area contributed by atoms with Crippen LogP contribution in [0.5, 0.6) is 5.75 Å². The van der Waals surface area contributed by atoms with E-state index in [2.05, 4.69) is 22.1 Å². The summed E-state index contributed by atoms with van der Waals surface area (Å²) < 4.78 is 5.64. The SMILES string of the molecule is O=C(NCC#CCOc1cccc2cccnc12)C1CC1. The summed E-state index contributed by atoms with van der Waals surface area (Å²) in [6.07, 6.45) is 3.77. The van der Waals surface area contributed by atoms with E-state index >= 15 is 0 Å². The molecule has 0 spiro atoms. The zero-order valence-electron chi connectivity index (χ0n) is 11.6. The number of aromatic nitrogens is 1. The second-order valence-electron chi connectivity index (χ2n) is 4.97. The Bertz CT molecular complexity index is 706. The molecule has 21 heavy (non-hydrogen) atoms. The molecule has 1 amide bonds. The molecule has 0 radical (unpaired) electrons. The highest BCUT2D eigenvalue weighted by Crippen LogP contribution is 2.28.